The van der Waals surface area contributed by atoms with Crippen molar-refractivity contribution in [3.8, 4) is 11.5 Å². The molecule has 0 radical (unpaired) electrons. The monoisotopic (exact) mass is 416 g/mol. The predicted octanol–water partition coefficient (Wildman–Crippen LogP) is 5.01. The van der Waals surface area contributed by atoms with Crippen LogP contribution in [0.25, 0.3) is 11.0 Å². The van der Waals surface area contributed by atoms with Crippen LogP contribution in [0.4, 0.5) is 16.2 Å². The van der Waals surface area contributed by atoms with Crippen molar-refractivity contribution in [1.82, 2.24) is 9.97 Å². The number of methoxy groups -OCH3 is 2. The Morgan fingerprint density at radius 2 is 1.74 bits per heavy atom. The van der Waals surface area contributed by atoms with Gasteiger partial charge in [-0.15, -0.1) is 0 Å². The summed E-state index contributed by atoms with van der Waals surface area (Å²) in [5.41, 5.74) is 4.47. The number of ether oxygens (including phenoxy) is 2. The van der Waals surface area contributed by atoms with E-state index in [0.29, 0.717) is 22.9 Å². The largest absolute Gasteiger partial charge is 0.497 e. The first-order valence-corrected chi connectivity index (χ1v) is 9.97. The molecule has 0 spiro atoms. The molecule has 0 atom stereocenters. The Labute approximate surface area is 180 Å². The van der Waals surface area contributed by atoms with Crippen LogP contribution < -0.4 is 20.1 Å². The second-order valence-corrected chi connectivity index (χ2v) is 7.04. The fourth-order valence-corrected chi connectivity index (χ4v) is 3.33. The summed E-state index contributed by atoms with van der Waals surface area (Å²) in [6.45, 7) is 0. The number of rotatable bonds is 7. The number of aromatic amines is 1. The topological polar surface area (TPSA) is 88.3 Å². The summed E-state index contributed by atoms with van der Waals surface area (Å²) in [6, 6.07) is 20.7. The smallest absolute Gasteiger partial charge is 0.323 e. The zero-order valence-electron chi connectivity index (χ0n) is 17.4. The molecule has 158 valence electrons. The van der Waals surface area contributed by atoms with Crippen LogP contribution in [0.5, 0.6) is 11.5 Å². The van der Waals surface area contributed by atoms with Crippen molar-refractivity contribution >= 4 is 28.4 Å². The highest BCUT2D eigenvalue weighted by Crippen LogP contribution is 2.29. The Balaban J connectivity index is 1.33. The number of urea groups is 1. The number of para-hydroxylation sites is 2. The van der Waals surface area contributed by atoms with Gasteiger partial charge in [-0.3, -0.25) is 0 Å². The number of carbonyl (C=O) groups excluding carboxylic acids is 1. The van der Waals surface area contributed by atoms with Crippen molar-refractivity contribution in [3.05, 3.63) is 78.1 Å². The van der Waals surface area contributed by atoms with Crippen LogP contribution >= 0.6 is 0 Å². The van der Waals surface area contributed by atoms with E-state index in [4.69, 9.17) is 9.47 Å². The molecule has 0 bridgehead atoms. The van der Waals surface area contributed by atoms with Gasteiger partial charge in [0.1, 0.15) is 17.3 Å². The van der Waals surface area contributed by atoms with Gasteiger partial charge in [0.25, 0.3) is 0 Å². The van der Waals surface area contributed by atoms with E-state index in [1.165, 1.54) is 5.56 Å². The van der Waals surface area contributed by atoms with E-state index in [9.17, 15) is 4.79 Å². The number of aryl methyl sites for hydroxylation is 2. The first-order chi connectivity index (χ1) is 15.1. The van der Waals surface area contributed by atoms with Crippen LogP contribution in [0, 0.1) is 0 Å². The number of fused-ring (bicyclic) bond motifs is 1. The van der Waals surface area contributed by atoms with Gasteiger partial charge < -0.3 is 25.1 Å². The lowest BCUT2D eigenvalue weighted by atomic mass is 10.1. The summed E-state index contributed by atoms with van der Waals surface area (Å²) in [5.74, 6) is 2.15. The molecular weight excluding hydrogens is 392 g/mol. The maximum absolute atomic E-state index is 12.4. The minimum atomic E-state index is -0.349. The van der Waals surface area contributed by atoms with Gasteiger partial charge in [-0.2, -0.15) is 0 Å². The lowest BCUT2D eigenvalue weighted by molar-refractivity contribution is 0.262. The Morgan fingerprint density at radius 1 is 0.935 bits per heavy atom. The number of H-pyrrole nitrogens is 1. The third-order valence-corrected chi connectivity index (χ3v) is 4.96. The average Bonchev–Trinajstić information content (AvgIpc) is 3.22. The summed E-state index contributed by atoms with van der Waals surface area (Å²) in [7, 11) is 3.12. The zero-order valence-corrected chi connectivity index (χ0v) is 17.4. The van der Waals surface area contributed by atoms with Crippen LogP contribution in [-0.2, 0) is 12.8 Å². The molecule has 3 N–H and O–H groups in total. The third-order valence-electron chi connectivity index (χ3n) is 4.96. The van der Waals surface area contributed by atoms with E-state index in [1.54, 1.807) is 32.4 Å². The number of anilines is 2. The molecule has 7 heteroatoms. The quantitative estimate of drug-likeness (QED) is 0.395. The van der Waals surface area contributed by atoms with E-state index < -0.39 is 0 Å². The van der Waals surface area contributed by atoms with Gasteiger partial charge >= 0.3 is 6.03 Å². The van der Waals surface area contributed by atoms with Gasteiger partial charge in [-0.25, -0.2) is 9.78 Å². The van der Waals surface area contributed by atoms with E-state index >= 15 is 0 Å². The highest BCUT2D eigenvalue weighted by atomic mass is 16.5. The molecule has 4 aromatic rings. The number of carbonyl (C=O) groups is 1. The number of hydrogen-bond donors (Lipinski definition) is 3. The van der Waals surface area contributed by atoms with Crippen molar-refractivity contribution in [2.24, 2.45) is 0 Å². The number of benzene rings is 3. The Bertz CT molecular complexity index is 1150. The molecule has 3 aromatic carbocycles. The molecule has 1 heterocycles. The van der Waals surface area contributed by atoms with Crippen molar-refractivity contribution in [2.45, 2.75) is 12.8 Å². The van der Waals surface area contributed by atoms with Crippen molar-refractivity contribution in [2.75, 3.05) is 24.9 Å². The predicted molar refractivity (Wildman–Crippen MR) is 122 cm³/mol. The lowest BCUT2D eigenvalue weighted by Gasteiger charge is -2.12. The molecule has 0 aliphatic heterocycles. The number of aromatic nitrogens is 2. The summed E-state index contributed by atoms with van der Waals surface area (Å²) < 4.78 is 10.5. The standard InChI is InChI=1S/C24H24N4O3/c1-30-18-12-13-21(22(15-18)31-2)28-24(29)25-17-10-7-16(8-11-17)9-14-23-26-19-5-3-4-6-20(19)27-23/h3-8,10-13,15H,9,14H2,1-2H3,(H,26,27)(H2,25,28,29). The molecule has 7 nitrogen and oxygen atoms in total. The molecule has 1 aromatic heterocycles. The second kappa shape index (κ2) is 9.21. The molecule has 0 fully saturated rings. The molecular formula is C24H24N4O3. The highest BCUT2D eigenvalue weighted by molar-refractivity contribution is 6.00. The summed E-state index contributed by atoms with van der Waals surface area (Å²) >= 11 is 0. The van der Waals surface area contributed by atoms with Gasteiger partial charge in [-0.05, 0) is 48.4 Å². The van der Waals surface area contributed by atoms with Gasteiger partial charge in [0, 0.05) is 18.2 Å². The first-order valence-electron chi connectivity index (χ1n) is 9.97. The zero-order chi connectivity index (χ0) is 21.6. The number of imidazole rings is 1. The maximum atomic E-state index is 12.4. The first kappa shape index (κ1) is 20.3. The summed E-state index contributed by atoms with van der Waals surface area (Å²) in [5, 5.41) is 5.63. The molecule has 0 saturated heterocycles. The molecule has 0 unspecified atom stereocenters. The normalized spacial score (nSPS) is 10.6. The fourth-order valence-electron chi connectivity index (χ4n) is 3.33. The van der Waals surface area contributed by atoms with Crippen LogP contribution in [0.3, 0.4) is 0 Å². The summed E-state index contributed by atoms with van der Waals surface area (Å²) in [4.78, 5) is 20.3. The Kier molecular flexibility index (Phi) is 6.03. The molecule has 0 aliphatic carbocycles. The second-order valence-electron chi connectivity index (χ2n) is 7.04. The SMILES string of the molecule is COc1ccc(NC(=O)Nc2ccc(CCc3nc4ccccc4[nH]3)cc2)c(OC)c1. The number of nitrogens with zero attached hydrogens (tertiary/aromatic N) is 1. The van der Waals surface area contributed by atoms with Crippen molar-refractivity contribution in [3.63, 3.8) is 0 Å². The molecule has 0 saturated carbocycles. The maximum Gasteiger partial charge on any atom is 0.323 e. The van der Waals surface area contributed by atoms with E-state index in [0.717, 1.165) is 29.7 Å². The molecule has 31 heavy (non-hydrogen) atoms. The highest BCUT2D eigenvalue weighted by Gasteiger charge is 2.09. The van der Waals surface area contributed by atoms with Crippen LogP contribution in [0.1, 0.15) is 11.4 Å². The van der Waals surface area contributed by atoms with Crippen molar-refractivity contribution < 1.29 is 14.3 Å². The van der Waals surface area contributed by atoms with Gasteiger partial charge in [-0.1, -0.05) is 24.3 Å². The fraction of sp³-hybridized carbons (Fsp3) is 0.167. The third kappa shape index (κ3) is 4.95. The van der Waals surface area contributed by atoms with Gasteiger partial charge in [0.15, 0.2) is 0 Å². The number of nitrogens with one attached hydrogen (secondary N) is 3. The van der Waals surface area contributed by atoms with Gasteiger partial charge in [0.05, 0.1) is 30.9 Å². The van der Waals surface area contributed by atoms with Gasteiger partial charge in [0.2, 0.25) is 0 Å². The average molecular weight is 416 g/mol. The van der Waals surface area contributed by atoms with E-state index in [-0.39, 0.29) is 6.03 Å². The van der Waals surface area contributed by atoms with Crippen LogP contribution in [0.15, 0.2) is 66.7 Å². The van der Waals surface area contributed by atoms with E-state index in [1.807, 2.05) is 48.5 Å². The van der Waals surface area contributed by atoms with E-state index in [2.05, 4.69) is 20.6 Å². The lowest BCUT2D eigenvalue weighted by Crippen LogP contribution is -2.19. The van der Waals surface area contributed by atoms with Crippen molar-refractivity contribution in [1.29, 1.82) is 0 Å². The number of amides is 2. The van der Waals surface area contributed by atoms with Crippen LogP contribution in [-0.4, -0.2) is 30.2 Å². The minimum Gasteiger partial charge on any atom is -0.497 e. The summed E-state index contributed by atoms with van der Waals surface area (Å²) in [6.07, 6.45) is 1.68. The Hall–Kier alpha value is -4.00. The molecule has 2 amide bonds. The number of hydrogen-bond acceptors (Lipinski definition) is 4. The molecule has 4 rings (SSSR count). The molecule has 0 aliphatic rings. The minimum absolute atomic E-state index is 0.349. The van der Waals surface area contributed by atoms with Crippen LogP contribution in [0.2, 0.25) is 0 Å². The Morgan fingerprint density at radius 3 is 2.48 bits per heavy atom.